The van der Waals surface area contributed by atoms with Crippen LogP contribution in [-0.4, -0.2) is 23.6 Å². The molecule has 1 aliphatic carbocycles. The van der Waals surface area contributed by atoms with Gasteiger partial charge in [0.25, 0.3) is 0 Å². The van der Waals surface area contributed by atoms with Crippen molar-refractivity contribution in [3.63, 3.8) is 0 Å². The Balaban J connectivity index is 2.12. The van der Waals surface area contributed by atoms with E-state index in [2.05, 4.69) is 42.9 Å². The Morgan fingerprint density at radius 3 is 2.65 bits per heavy atom. The third-order valence-electron chi connectivity index (χ3n) is 3.62. The standard InChI is InChI=1S/C16H26FN3/c1-5-20(11-12-6-7-12)15-14(17)13(8-9-18-15)10-19-16(2,3)4/h8-9,12,19H,5-7,10-11H2,1-4H3. The van der Waals surface area contributed by atoms with E-state index in [1.165, 1.54) is 12.8 Å². The van der Waals surface area contributed by atoms with Crippen LogP contribution < -0.4 is 10.2 Å². The molecule has 3 nitrogen and oxygen atoms in total. The molecule has 0 atom stereocenters. The summed E-state index contributed by atoms with van der Waals surface area (Å²) >= 11 is 0. The van der Waals surface area contributed by atoms with Crippen molar-refractivity contribution in [3.05, 3.63) is 23.6 Å². The second-order valence-corrected chi connectivity index (χ2v) is 6.69. The fourth-order valence-electron chi connectivity index (χ4n) is 2.17. The first-order chi connectivity index (χ1) is 9.40. The van der Waals surface area contributed by atoms with Crippen molar-refractivity contribution < 1.29 is 4.39 Å². The van der Waals surface area contributed by atoms with Crippen LogP contribution in [0.4, 0.5) is 10.2 Å². The monoisotopic (exact) mass is 279 g/mol. The number of hydrogen-bond acceptors (Lipinski definition) is 3. The number of rotatable bonds is 6. The topological polar surface area (TPSA) is 28.2 Å². The molecule has 0 aromatic carbocycles. The fourth-order valence-corrected chi connectivity index (χ4v) is 2.17. The van der Waals surface area contributed by atoms with Crippen LogP contribution in [0.5, 0.6) is 0 Å². The summed E-state index contributed by atoms with van der Waals surface area (Å²) in [4.78, 5) is 6.32. The van der Waals surface area contributed by atoms with Crippen LogP contribution in [0.15, 0.2) is 12.3 Å². The Bertz CT molecular complexity index is 450. The molecule has 112 valence electrons. The van der Waals surface area contributed by atoms with E-state index in [0.717, 1.165) is 19.0 Å². The van der Waals surface area contributed by atoms with Gasteiger partial charge in [-0.2, -0.15) is 0 Å². The molecular weight excluding hydrogens is 253 g/mol. The smallest absolute Gasteiger partial charge is 0.170 e. The fraction of sp³-hybridized carbons (Fsp3) is 0.688. The summed E-state index contributed by atoms with van der Waals surface area (Å²) < 4.78 is 14.6. The van der Waals surface area contributed by atoms with E-state index < -0.39 is 0 Å². The first kappa shape index (κ1) is 15.2. The molecule has 0 radical (unpaired) electrons. The second kappa shape index (κ2) is 6.08. The highest BCUT2D eigenvalue weighted by atomic mass is 19.1. The van der Waals surface area contributed by atoms with Gasteiger partial charge in [0, 0.05) is 36.9 Å². The van der Waals surface area contributed by atoms with Gasteiger partial charge in [0.05, 0.1) is 0 Å². The van der Waals surface area contributed by atoms with Gasteiger partial charge < -0.3 is 10.2 Å². The van der Waals surface area contributed by atoms with Crippen LogP contribution in [0.2, 0.25) is 0 Å². The van der Waals surface area contributed by atoms with E-state index in [9.17, 15) is 4.39 Å². The molecule has 0 bridgehead atoms. The Morgan fingerprint density at radius 1 is 1.40 bits per heavy atom. The van der Waals surface area contributed by atoms with Gasteiger partial charge in [-0.3, -0.25) is 0 Å². The lowest BCUT2D eigenvalue weighted by atomic mass is 10.1. The van der Waals surface area contributed by atoms with Gasteiger partial charge in [0.2, 0.25) is 0 Å². The minimum Gasteiger partial charge on any atom is -0.354 e. The van der Waals surface area contributed by atoms with Crippen LogP contribution in [0.1, 0.15) is 46.1 Å². The van der Waals surface area contributed by atoms with Crippen LogP contribution in [0, 0.1) is 11.7 Å². The number of anilines is 1. The molecule has 1 heterocycles. The van der Waals surface area contributed by atoms with E-state index in [1.807, 2.05) is 0 Å². The number of pyridine rings is 1. The van der Waals surface area contributed by atoms with Gasteiger partial charge in [-0.05, 0) is 52.5 Å². The Kier molecular flexibility index (Phi) is 4.63. The van der Waals surface area contributed by atoms with Gasteiger partial charge in [-0.25, -0.2) is 9.37 Å². The largest absolute Gasteiger partial charge is 0.354 e. The summed E-state index contributed by atoms with van der Waals surface area (Å²) in [6.07, 6.45) is 4.25. The van der Waals surface area contributed by atoms with E-state index in [1.54, 1.807) is 12.3 Å². The summed E-state index contributed by atoms with van der Waals surface area (Å²) in [5.41, 5.74) is 0.674. The lowest BCUT2D eigenvalue weighted by molar-refractivity contribution is 0.418. The second-order valence-electron chi connectivity index (χ2n) is 6.69. The van der Waals surface area contributed by atoms with Crippen molar-refractivity contribution in [2.45, 2.75) is 52.6 Å². The summed E-state index contributed by atoms with van der Waals surface area (Å²) in [6, 6.07) is 1.77. The maximum absolute atomic E-state index is 14.6. The molecule has 0 spiro atoms. The Morgan fingerprint density at radius 2 is 2.10 bits per heavy atom. The van der Waals surface area contributed by atoms with Gasteiger partial charge in [0.15, 0.2) is 11.6 Å². The minimum atomic E-state index is -0.174. The molecule has 20 heavy (non-hydrogen) atoms. The van der Waals surface area contributed by atoms with E-state index in [-0.39, 0.29) is 11.4 Å². The normalized spacial score (nSPS) is 15.4. The van der Waals surface area contributed by atoms with Crippen LogP contribution in [-0.2, 0) is 6.54 Å². The molecule has 1 aliphatic rings. The van der Waals surface area contributed by atoms with Crippen molar-refractivity contribution in [3.8, 4) is 0 Å². The average molecular weight is 279 g/mol. The molecule has 1 fully saturated rings. The summed E-state index contributed by atoms with van der Waals surface area (Å²) in [7, 11) is 0. The molecule has 1 aromatic rings. The molecule has 0 unspecified atom stereocenters. The predicted octanol–water partition coefficient (Wildman–Crippen LogP) is 3.35. The SMILES string of the molecule is CCN(CC1CC1)c1nccc(CNC(C)(C)C)c1F. The van der Waals surface area contributed by atoms with Gasteiger partial charge >= 0.3 is 0 Å². The van der Waals surface area contributed by atoms with Crippen molar-refractivity contribution >= 4 is 5.82 Å². The number of aromatic nitrogens is 1. The molecule has 4 heteroatoms. The molecule has 0 saturated heterocycles. The average Bonchev–Trinajstić information content (AvgIpc) is 3.18. The molecule has 0 aliphatic heterocycles. The van der Waals surface area contributed by atoms with E-state index in [0.29, 0.717) is 17.9 Å². The highest BCUT2D eigenvalue weighted by molar-refractivity contribution is 5.43. The molecule has 1 saturated carbocycles. The highest BCUT2D eigenvalue weighted by Gasteiger charge is 2.26. The zero-order valence-corrected chi connectivity index (χ0v) is 13.0. The van der Waals surface area contributed by atoms with E-state index >= 15 is 0 Å². The predicted molar refractivity (Wildman–Crippen MR) is 81.4 cm³/mol. The van der Waals surface area contributed by atoms with Crippen LogP contribution in [0.3, 0.4) is 0 Å². The van der Waals surface area contributed by atoms with Crippen LogP contribution in [0.25, 0.3) is 0 Å². The van der Waals surface area contributed by atoms with E-state index in [4.69, 9.17) is 0 Å². The third kappa shape index (κ3) is 4.17. The molecular formula is C16H26FN3. The zero-order valence-electron chi connectivity index (χ0n) is 13.0. The zero-order chi connectivity index (χ0) is 14.8. The van der Waals surface area contributed by atoms with Crippen molar-refractivity contribution in [1.82, 2.24) is 10.3 Å². The number of nitrogens with one attached hydrogen (secondary N) is 1. The van der Waals surface area contributed by atoms with Gasteiger partial charge in [-0.15, -0.1) is 0 Å². The van der Waals surface area contributed by atoms with Crippen LogP contribution >= 0.6 is 0 Å². The first-order valence-corrected chi connectivity index (χ1v) is 7.54. The van der Waals surface area contributed by atoms with Gasteiger partial charge in [-0.1, -0.05) is 0 Å². The van der Waals surface area contributed by atoms with Crippen molar-refractivity contribution in [2.75, 3.05) is 18.0 Å². The Hall–Kier alpha value is -1.16. The summed E-state index contributed by atoms with van der Waals surface area (Å²) in [5.74, 6) is 1.06. The maximum Gasteiger partial charge on any atom is 0.170 e. The molecule has 1 N–H and O–H groups in total. The van der Waals surface area contributed by atoms with Crippen molar-refractivity contribution in [2.24, 2.45) is 5.92 Å². The quantitative estimate of drug-likeness (QED) is 0.865. The lowest BCUT2D eigenvalue weighted by Crippen LogP contribution is -2.35. The summed E-state index contributed by atoms with van der Waals surface area (Å²) in [6.45, 7) is 10.6. The molecule has 2 rings (SSSR count). The van der Waals surface area contributed by atoms with Gasteiger partial charge in [0.1, 0.15) is 0 Å². The summed E-state index contributed by atoms with van der Waals surface area (Å²) in [5, 5.41) is 3.33. The molecule has 1 aromatic heterocycles. The number of halogens is 1. The molecule has 0 amide bonds. The number of nitrogens with zero attached hydrogens (tertiary/aromatic N) is 2. The van der Waals surface area contributed by atoms with Crippen molar-refractivity contribution in [1.29, 1.82) is 0 Å². The highest BCUT2D eigenvalue weighted by Crippen LogP contribution is 2.31. The first-order valence-electron chi connectivity index (χ1n) is 7.54. The maximum atomic E-state index is 14.6. The third-order valence-corrected chi connectivity index (χ3v) is 3.62. The number of hydrogen-bond donors (Lipinski definition) is 1. The minimum absolute atomic E-state index is 0.0195. The Labute approximate surface area is 121 Å². The lowest BCUT2D eigenvalue weighted by Gasteiger charge is -2.24.